The quantitative estimate of drug-likeness (QED) is 0.482. The number of methoxy groups -OCH3 is 2. The summed E-state index contributed by atoms with van der Waals surface area (Å²) in [5.41, 5.74) is 0.519. The van der Waals surface area contributed by atoms with Crippen molar-refractivity contribution in [2.75, 3.05) is 45.8 Å². The molecule has 2 atom stereocenters. The molecule has 1 aliphatic heterocycles. The average Bonchev–Trinajstić information content (AvgIpc) is 2.77. The van der Waals surface area contributed by atoms with Gasteiger partial charge in [-0.2, -0.15) is 0 Å². The predicted octanol–water partition coefficient (Wildman–Crippen LogP) is 2.72. The standard InChI is InChI=1S/C22H28ClN3O5S/c1-30-18-9-17(10-19(11-18)31-2)25-22(28)24-16(14-27)7-8-26-12-21(13-26)32(29)20-5-3-15(23)4-6-20/h3-6,9-11,16,21,27H,7-8,12-14H2,1-2H3,(H2,24,25,28)/t16-,32?/m0/s1. The predicted molar refractivity (Wildman–Crippen MR) is 125 cm³/mol. The minimum absolute atomic E-state index is 0.0723. The molecule has 3 N–H and O–H groups in total. The van der Waals surface area contributed by atoms with Crippen LogP contribution in [0.3, 0.4) is 0 Å². The number of halogens is 1. The second kappa shape index (κ2) is 11.5. The first-order valence-electron chi connectivity index (χ1n) is 10.2. The zero-order valence-corrected chi connectivity index (χ0v) is 19.6. The van der Waals surface area contributed by atoms with E-state index in [1.807, 2.05) is 0 Å². The third-order valence-corrected chi connectivity index (χ3v) is 7.12. The van der Waals surface area contributed by atoms with Crippen molar-refractivity contribution in [1.29, 1.82) is 0 Å². The fraction of sp³-hybridized carbons (Fsp3) is 0.409. The molecule has 0 aromatic heterocycles. The maximum Gasteiger partial charge on any atom is 0.319 e. The van der Waals surface area contributed by atoms with Crippen molar-refractivity contribution in [2.45, 2.75) is 22.6 Å². The van der Waals surface area contributed by atoms with E-state index in [0.717, 1.165) is 4.90 Å². The van der Waals surface area contributed by atoms with Crippen LogP contribution in [0, 0.1) is 0 Å². The van der Waals surface area contributed by atoms with Crippen LogP contribution >= 0.6 is 11.6 Å². The number of hydrogen-bond donors (Lipinski definition) is 3. The summed E-state index contributed by atoms with van der Waals surface area (Å²) in [4.78, 5) is 15.3. The molecule has 0 radical (unpaired) electrons. The average molecular weight is 482 g/mol. The molecule has 1 unspecified atom stereocenters. The smallest absolute Gasteiger partial charge is 0.319 e. The van der Waals surface area contributed by atoms with Crippen LogP contribution < -0.4 is 20.1 Å². The number of aliphatic hydroxyl groups excluding tert-OH is 1. The van der Waals surface area contributed by atoms with Gasteiger partial charge in [-0.1, -0.05) is 11.6 Å². The number of carbonyl (C=O) groups excluding carboxylic acids is 1. The summed E-state index contributed by atoms with van der Waals surface area (Å²) in [7, 11) is 1.99. The molecule has 2 aromatic rings. The first-order chi connectivity index (χ1) is 15.4. The van der Waals surface area contributed by atoms with Crippen molar-refractivity contribution < 1.29 is 23.6 Å². The van der Waals surface area contributed by atoms with Crippen LogP contribution in [-0.2, 0) is 10.8 Å². The second-order valence-corrected chi connectivity index (χ2v) is 9.67. The molecule has 1 heterocycles. The van der Waals surface area contributed by atoms with Crippen LogP contribution in [0.1, 0.15) is 6.42 Å². The third kappa shape index (κ3) is 6.59. The number of nitrogens with one attached hydrogen (secondary N) is 2. The van der Waals surface area contributed by atoms with Gasteiger partial charge in [0.05, 0.1) is 42.9 Å². The normalized spacial score (nSPS) is 16.0. The van der Waals surface area contributed by atoms with Gasteiger partial charge in [0.25, 0.3) is 0 Å². The van der Waals surface area contributed by atoms with Crippen molar-refractivity contribution in [1.82, 2.24) is 10.2 Å². The lowest BCUT2D eigenvalue weighted by Gasteiger charge is -2.39. The minimum atomic E-state index is -1.07. The van der Waals surface area contributed by atoms with Crippen molar-refractivity contribution in [3.63, 3.8) is 0 Å². The van der Waals surface area contributed by atoms with Gasteiger partial charge in [0.15, 0.2) is 0 Å². The number of aliphatic hydroxyl groups is 1. The van der Waals surface area contributed by atoms with E-state index in [9.17, 15) is 14.1 Å². The summed E-state index contributed by atoms with van der Waals surface area (Å²) >= 11 is 5.89. The molecule has 0 spiro atoms. The Kier molecular flexibility index (Phi) is 8.75. The van der Waals surface area contributed by atoms with Gasteiger partial charge in [-0.15, -0.1) is 0 Å². The summed E-state index contributed by atoms with van der Waals surface area (Å²) in [5.74, 6) is 1.11. The highest BCUT2D eigenvalue weighted by Gasteiger charge is 2.32. The monoisotopic (exact) mass is 481 g/mol. The molecular formula is C22H28ClN3O5S. The van der Waals surface area contributed by atoms with Gasteiger partial charge in [0.1, 0.15) is 11.5 Å². The van der Waals surface area contributed by atoms with E-state index in [4.69, 9.17) is 21.1 Å². The van der Waals surface area contributed by atoms with Crippen molar-refractivity contribution >= 4 is 34.1 Å². The molecule has 10 heteroatoms. The van der Waals surface area contributed by atoms with E-state index in [1.165, 1.54) is 14.2 Å². The summed E-state index contributed by atoms with van der Waals surface area (Å²) in [6.07, 6.45) is 0.575. The van der Waals surface area contributed by atoms with Crippen molar-refractivity contribution in [3.8, 4) is 11.5 Å². The number of ether oxygens (including phenoxy) is 2. The van der Waals surface area contributed by atoms with E-state index in [1.54, 1.807) is 42.5 Å². The molecule has 1 aliphatic rings. The van der Waals surface area contributed by atoms with E-state index in [-0.39, 0.29) is 11.9 Å². The third-order valence-electron chi connectivity index (χ3n) is 5.23. The maximum absolute atomic E-state index is 12.6. The van der Waals surface area contributed by atoms with Crippen LogP contribution in [0.15, 0.2) is 47.4 Å². The van der Waals surface area contributed by atoms with Gasteiger partial charge in [-0.05, 0) is 30.7 Å². The summed E-state index contributed by atoms with van der Waals surface area (Å²) in [6.45, 7) is 1.93. The first-order valence-corrected chi connectivity index (χ1v) is 11.8. The Hall–Kier alpha value is -2.33. The first kappa shape index (κ1) is 24.3. The molecule has 8 nitrogen and oxygen atoms in total. The van der Waals surface area contributed by atoms with E-state index in [0.29, 0.717) is 48.3 Å². The lowest BCUT2D eigenvalue weighted by Crippen LogP contribution is -2.54. The Labute approximate surface area is 195 Å². The number of amides is 2. The SMILES string of the molecule is COc1cc(NC(=O)N[C@H](CO)CCN2CC(S(=O)c3ccc(Cl)cc3)C2)cc(OC)c1. The highest BCUT2D eigenvalue weighted by Crippen LogP contribution is 2.26. The van der Waals surface area contributed by atoms with Crippen molar-refractivity contribution in [2.24, 2.45) is 0 Å². The Morgan fingerprint density at radius 1 is 1.19 bits per heavy atom. The summed E-state index contributed by atoms with van der Waals surface area (Å²) in [5, 5.41) is 15.9. The topological polar surface area (TPSA) is 100 Å². The number of nitrogens with zero attached hydrogens (tertiary/aromatic N) is 1. The molecule has 3 rings (SSSR count). The van der Waals surface area contributed by atoms with Gasteiger partial charge in [-0.25, -0.2) is 4.79 Å². The fourth-order valence-electron chi connectivity index (χ4n) is 3.38. The van der Waals surface area contributed by atoms with Gasteiger partial charge in [0.2, 0.25) is 0 Å². The summed E-state index contributed by atoms with van der Waals surface area (Å²) < 4.78 is 23.0. The number of likely N-dealkylation sites (tertiary alicyclic amines) is 1. The minimum Gasteiger partial charge on any atom is -0.497 e. The van der Waals surface area contributed by atoms with Gasteiger partial charge in [-0.3, -0.25) is 4.21 Å². The van der Waals surface area contributed by atoms with Crippen LogP contribution in [0.5, 0.6) is 11.5 Å². The van der Waals surface area contributed by atoms with E-state index < -0.39 is 22.9 Å². The molecule has 1 fully saturated rings. The number of hydrogen-bond acceptors (Lipinski definition) is 6. The lowest BCUT2D eigenvalue weighted by molar-refractivity contribution is 0.162. The highest BCUT2D eigenvalue weighted by molar-refractivity contribution is 7.85. The summed E-state index contributed by atoms with van der Waals surface area (Å²) in [6, 6.07) is 11.3. The molecule has 174 valence electrons. The highest BCUT2D eigenvalue weighted by atomic mass is 35.5. The van der Waals surface area contributed by atoms with E-state index >= 15 is 0 Å². The molecule has 1 saturated heterocycles. The largest absolute Gasteiger partial charge is 0.497 e. The number of benzene rings is 2. The van der Waals surface area contributed by atoms with Crippen LogP contribution in [0.2, 0.25) is 5.02 Å². The zero-order valence-electron chi connectivity index (χ0n) is 18.0. The molecule has 32 heavy (non-hydrogen) atoms. The van der Waals surface area contributed by atoms with Crippen LogP contribution in [-0.4, -0.2) is 72.0 Å². The molecule has 0 bridgehead atoms. The molecular weight excluding hydrogens is 454 g/mol. The Balaban J connectivity index is 1.43. The van der Waals surface area contributed by atoms with Crippen LogP contribution in [0.4, 0.5) is 10.5 Å². The fourth-order valence-corrected chi connectivity index (χ4v) is 4.99. The zero-order chi connectivity index (χ0) is 23.1. The maximum atomic E-state index is 12.6. The lowest BCUT2D eigenvalue weighted by atomic mass is 10.1. The Bertz CT molecular complexity index is 915. The number of anilines is 1. The second-order valence-electron chi connectivity index (χ2n) is 7.50. The molecule has 0 aliphatic carbocycles. The number of rotatable bonds is 10. The van der Waals surface area contributed by atoms with Crippen molar-refractivity contribution in [3.05, 3.63) is 47.5 Å². The molecule has 0 saturated carbocycles. The van der Waals surface area contributed by atoms with E-state index in [2.05, 4.69) is 15.5 Å². The Morgan fingerprint density at radius 3 is 2.38 bits per heavy atom. The van der Waals surface area contributed by atoms with Gasteiger partial charge < -0.3 is 30.1 Å². The van der Waals surface area contributed by atoms with Gasteiger partial charge >= 0.3 is 6.03 Å². The number of urea groups is 1. The van der Waals surface area contributed by atoms with Gasteiger partial charge in [0, 0.05) is 53.4 Å². The molecule has 2 amide bonds. The molecule has 2 aromatic carbocycles. The van der Waals surface area contributed by atoms with Crippen LogP contribution in [0.25, 0.3) is 0 Å². The number of carbonyl (C=O) groups is 1. The Morgan fingerprint density at radius 2 is 1.81 bits per heavy atom.